The summed E-state index contributed by atoms with van der Waals surface area (Å²) in [5.41, 5.74) is 2.22. The number of hydrogen-bond donors (Lipinski definition) is 2. The average Bonchev–Trinajstić information content (AvgIpc) is 2.29. The second-order valence-electron chi connectivity index (χ2n) is 5.93. The summed E-state index contributed by atoms with van der Waals surface area (Å²) in [4.78, 5) is 0. The SMILES string of the molecule is Cc1ccc(C(O)C(NCC(C)C)C(C)C)cc1. The molecule has 2 nitrogen and oxygen atoms in total. The predicted octanol–water partition coefficient (Wildman–Crippen LogP) is 3.30. The fraction of sp³-hybridized carbons (Fsp3) is 0.625. The molecule has 0 bridgehead atoms. The van der Waals surface area contributed by atoms with Crippen LogP contribution in [-0.4, -0.2) is 17.7 Å². The van der Waals surface area contributed by atoms with Gasteiger partial charge in [0.2, 0.25) is 0 Å². The molecule has 2 N–H and O–H groups in total. The molecule has 0 aliphatic heterocycles. The first-order valence-electron chi connectivity index (χ1n) is 6.89. The Kier molecular flexibility index (Phi) is 5.83. The summed E-state index contributed by atoms with van der Waals surface area (Å²) in [6.07, 6.45) is -0.440. The van der Waals surface area contributed by atoms with E-state index < -0.39 is 6.10 Å². The lowest BCUT2D eigenvalue weighted by molar-refractivity contribution is 0.103. The standard InChI is InChI=1S/C16H27NO/c1-11(2)10-17-15(12(3)4)16(18)14-8-6-13(5)7-9-14/h6-9,11-12,15-18H,10H2,1-5H3. The molecule has 2 unspecified atom stereocenters. The van der Waals surface area contributed by atoms with Gasteiger partial charge in [-0.1, -0.05) is 57.5 Å². The lowest BCUT2D eigenvalue weighted by Gasteiger charge is -2.28. The third-order valence-corrected chi connectivity index (χ3v) is 3.24. The fourth-order valence-electron chi connectivity index (χ4n) is 2.05. The summed E-state index contributed by atoms with van der Waals surface area (Å²) >= 11 is 0. The van der Waals surface area contributed by atoms with Crippen LogP contribution in [0.25, 0.3) is 0 Å². The molecule has 0 aliphatic rings. The van der Waals surface area contributed by atoms with Gasteiger partial charge in [-0.25, -0.2) is 0 Å². The van der Waals surface area contributed by atoms with E-state index in [9.17, 15) is 5.11 Å². The Balaban J connectivity index is 2.75. The summed E-state index contributed by atoms with van der Waals surface area (Å²) in [5, 5.41) is 14.0. The van der Waals surface area contributed by atoms with Crippen LogP contribution in [0.15, 0.2) is 24.3 Å². The van der Waals surface area contributed by atoms with E-state index in [1.54, 1.807) is 0 Å². The summed E-state index contributed by atoms with van der Waals surface area (Å²) < 4.78 is 0. The van der Waals surface area contributed by atoms with Gasteiger partial charge in [0.1, 0.15) is 0 Å². The van der Waals surface area contributed by atoms with E-state index in [1.165, 1.54) is 5.56 Å². The van der Waals surface area contributed by atoms with Gasteiger partial charge in [0.05, 0.1) is 6.10 Å². The van der Waals surface area contributed by atoms with Crippen molar-refractivity contribution in [1.29, 1.82) is 0 Å². The van der Waals surface area contributed by atoms with E-state index in [0.29, 0.717) is 11.8 Å². The maximum Gasteiger partial charge on any atom is 0.0945 e. The van der Waals surface area contributed by atoms with Crippen LogP contribution in [0.3, 0.4) is 0 Å². The molecule has 0 fully saturated rings. The Morgan fingerprint density at radius 1 is 1.06 bits per heavy atom. The van der Waals surface area contributed by atoms with E-state index in [4.69, 9.17) is 0 Å². The highest BCUT2D eigenvalue weighted by molar-refractivity contribution is 5.24. The molecule has 0 aliphatic carbocycles. The van der Waals surface area contributed by atoms with Crippen LogP contribution in [0.2, 0.25) is 0 Å². The minimum atomic E-state index is -0.440. The normalized spacial score (nSPS) is 15.1. The van der Waals surface area contributed by atoms with E-state index >= 15 is 0 Å². The van der Waals surface area contributed by atoms with Crippen molar-refractivity contribution in [3.8, 4) is 0 Å². The van der Waals surface area contributed by atoms with Crippen molar-refractivity contribution in [2.45, 2.75) is 46.8 Å². The third kappa shape index (κ3) is 4.43. The summed E-state index contributed by atoms with van der Waals surface area (Å²) in [7, 11) is 0. The number of hydrogen-bond acceptors (Lipinski definition) is 2. The number of aliphatic hydroxyl groups excluding tert-OH is 1. The second-order valence-corrected chi connectivity index (χ2v) is 5.93. The Hall–Kier alpha value is -0.860. The van der Waals surface area contributed by atoms with Gasteiger partial charge >= 0.3 is 0 Å². The maximum absolute atomic E-state index is 10.5. The highest BCUT2D eigenvalue weighted by atomic mass is 16.3. The second kappa shape index (κ2) is 6.91. The molecule has 0 spiro atoms. The molecule has 0 saturated heterocycles. The van der Waals surface area contributed by atoms with Gasteiger partial charge in [0.15, 0.2) is 0 Å². The molecule has 18 heavy (non-hydrogen) atoms. The molecule has 1 aromatic rings. The number of aliphatic hydroxyl groups is 1. The van der Waals surface area contributed by atoms with Gasteiger partial charge < -0.3 is 10.4 Å². The van der Waals surface area contributed by atoms with Crippen molar-refractivity contribution in [1.82, 2.24) is 5.32 Å². The fourth-order valence-corrected chi connectivity index (χ4v) is 2.05. The third-order valence-electron chi connectivity index (χ3n) is 3.24. The van der Waals surface area contributed by atoms with Crippen molar-refractivity contribution in [3.05, 3.63) is 35.4 Å². The summed E-state index contributed by atoms with van der Waals surface area (Å²) in [6.45, 7) is 11.7. The molecule has 0 radical (unpaired) electrons. The minimum absolute atomic E-state index is 0.107. The first-order chi connectivity index (χ1) is 8.41. The van der Waals surface area contributed by atoms with Gasteiger partial charge in [-0.3, -0.25) is 0 Å². The zero-order valence-electron chi connectivity index (χ0n) is 12.3. The lowest BCUT2D eigenvalue weighted by Crippen LogP contribution is -2.41. The molecule has 1 rings (SSSR count). The Morgan fingerprint density at radius 3 is 2.06 bits per heavy atom. The summed E-state index contributed by atoms with van der Waals surface area (Å²) in [5.74, 6) is 0.997. The maximum atomic E-state index is 10.5. The zero-order chi connectivity index (χ0) is 13.7. The molecule has 0 saturated carbocycles. The highest BCUT2D eigenvalue weighted by Crippen LogP contribution is 2.22. The zero-order valence-corrected chi connectivity index (χ0v) is 12.3. The smallest absolute Gasteiger partial charge is 0.0945 e. The van der Waals surface area contributed by atoms with Crippen LogP contribution in [0.1, 0.15) is 44.9 Å². The largest absolute Gasteiger partial charge is 0.387 e. The monoisotopic (exact) mass is 249 g/mol. The molecule has 1 aromatic carbocycles. The van der Waals surface area contributed by atoms with Gasteiger partial charge in [-0.05, 0) is 30.9 Å². The molecule has 0 aromatic heterocycles. The van der Waals surface area contributed by atoms with Gasteiger partial charge in [-0.15, -0.1) is 0 Å². The number of nitrogens with one attached hydrogen (secondary N) is 1. The van der Waals surface area contributed by atoms with E-state index in [-0.39, 0.29) is 6.04 Å². The van der Waals surface area contributed by atoms with Crippen molar-refractivity contribution < 1.29 is 5.11 Å². The lowest BCUT2D eigenvalue weighted by atomic mass is 9.92. The van der Waals surface area contributed by atoms with Crippen LogP contribution in [-0.2, 0) is 0 Å². The van der Waals surface area contributed by atoms with E-state index in [2.05, 4.69) is 52.1 Å². The van der Waals surface area contributed by atoms with Gasteiger partial charge in [0.25, 0.3) is 0 Å². The molecule has 2 heteroatoms. The number of aryl methyl sites for hydroxylation is 1. The van der Waals surface area contributed by atoms with Crippen molar-refractivity contribution >= 4 is 0 Å². The van der Waals surface area contributed by atoms with Crippen LogP contribution in [0, 0.1) is 18.8 Å². The quantitative estimate of drug-likeness (QED) is 0.811. The molecular weight excluding hydrogens is 222 g/mol. The predicted molar refractivity (Wildman–Crippen MR) is 77.6 cm³/mol. The number of benzene rings is 1. The first kappa shape index (κ1) is 15.2. The Bertz CT molecular complexity index is 343. The Morgan fingerprint density at radius 2 is 1.61 bits per heavy atom. The van der Waals surface area contributed by atoms with Gasteiger partial charge in [-0.2, -0.15) is 0 Å². The van der Waals surface area contributed by atoms with Crippen molar-refractivity contribution in [2.75, 3.05) is 6.54 Å². The van der Waals surface area contributed by atoms with E-state index in [0.717, 1.165) is 12.1 Å². The summed E-state index contributed by atoms with van der Waals surface area (Å²) in [6, 6.07) is 8.26. The van der Waals surface area contributed by atoms with Crippen LogP contribution in [0.4, 0.5) is 0 Å². The van der Waals surface area contributed by atoms with E-state index in [1.807, 2.05) is 12.1 Å². The molecule has 0 amide bonds. The van der Waals surface area contributed by atoms with Crippen molar-refractivity contribution in [2.24, 2.45) is 11.8 Å². The van der Waals surface area contributed by atoms with Crippen LogP contribution in [0.5, 0.6) is 0 Å². The van der Waals surface area contributed by atoms with Crippen LogP contribution >= 0.6 is 0 Å². The highest BCUT2D eigenvalue weighted by Gasteiger charge is 2.23. The van der Waals surface area contributed by atoms with Crippen LogP contribution < -0.4 is 5.32 Å². The average molecular weight is 249 g/mol. The molecule has 0 heterocycles. The molecule has 2 atom stereocenters. The number of rotatable bonds is 6. The van der Waals surface area contributed by atoms with Gasteiger partial charge in [0, 0.05) is 6.04 Å². The first-order valence-corrected chi connectivity index (χ1v) is 6.89. The molecular formula is C16H27NO. The Labute approximate surface area is 111 Å². The topological polar surface area (TPSA) is 32.3 Å². The van der Waals surface area contributed by atoms with Crippen molar-refractivity contribution in [3.63, 3.8) is 0 Å². The minimum Gasteiger partial charge on any atom is -0.387 e. The molecule has 102 valence electrons.